The standard InChI is InChI=1S/C23H26N6O2/c1-15-14-20(29-12-4-5-13-29)27-23(24-15)26-17-10-8-16(9-11-17)25-22(30)21-18-6-2-3-7-19(18)31-28-21/h8-11,14H,2-7,12-13H2,1H3,(H,25,30)(H,24,26,27). The molecule has 1 aliphatic heterocycles. The van der Waals surface area contributed by atoms with E-state index in [9.17, 15) is 4.79 Å². The number of rotatable bonds is 5. The summed E-state index contributed by atoms with van der Waals surface area (Å²) in [6.45, 7) is 4.06. The van der Waals surface area contributed by atoms with Gasteiger partial charge in [0.2, 0.25) is 5.95 Å². The summed E-state index contributed by atoms with van der Waals surface area (Å²) in [6.07, 6.45) is 6.26. The van der Waals surface area contributed by atoms with E-state index in [1.807, 2.05) is 37.3 Å². The van der Waals surface area contributed by atoms with E-state index < -0.39 is 0 Å². The molecule has 1 saturated heterocycles. The predicted octanol–water partition coefficient (Wildman–Crippen LogP) is 4.25. The highest BCUT2D eigenvalue weighted by Gasteiger charge is 2.24. The first kappa shape index (κ1) is 19.5. The maximum Gasteiger partial charge on any atom is 0.278 e. The van der Waals surface area contributed by atoms with Crippen LogP contribution < -0.4 is 15.5 Å². The summed E-state index contributed by atoms with van der Waals surface area (Å²) >= 11 is 0. The van der Waals surface area contributed by atoms with Crippen LogP contribution in [-0.2, 0) is 12.8 Å². The molecule has 8 heteroatoms. The van der Waals surface area contributed by atoms with Gasteiger partial charge >= 0.3 is 0 Å². The molecule has 3 heterocycles. The van der Waals surface area contributed by atoms with Gasteiger partial charge < -0.3 is 20.1 Å². The van der Waals surface area contributed by atoms with Gasteiger partial charge in [-0.05, 0) is 63.3 Å². The molecule has 160 valence electrons. The van der Waals surface area contributed by atoms with Crippen LogP contribution >= 0.6 is 0 Å². The van der Waals surface area contributed by atoms with Crippen molar-refractivity contribution in [2.24, 2.45) is 0 Å². The first-order chi connectivity index (χ1) is 15.2. The van der Waals surface area contributed by atoms with Crippen molar-refractivity contribution in [3.8, 4) is 0 Å². The molecule has 2 aliphatic rings. The number of benzene rings is 1. The number of amides is 1. The molecule has 8 nitrogen and oxygen atoms in total. The third-order valence-corrected chi connectivity index (χ3v) is 5.83. The Morgan fingerprint density at radius 3 is 2.55 bits per heavy atom. The van der Waals surface area contributed by atoms with Gasteiger partial charge in [0.1, 0.15) is 11.6 Å². The second-order valence-corrected chi connectivity index (χ2v) is 8.18. The maximum atomic E-state index is 12.7. The predicted molar refractivity (Wildman–Crippen MR) is 119 cm³/mol. The van der Waals surface area contributed by atoms with Crippen LogP contribution in [-0.4, -0.2) is 34.1 Å². The van der Waals surface area contributed by atoms with Gasteiger partial charge in [0.05, 0.1) is 0 Å². The lowest BCUT2D eigenvalue weighted by atomic mass is 9.96. The molecule has 0 radical (unpaired) electrons. The largest absolute Gasteiger partial charge is 0.360 e. The molecule has 1 amide bonds. The van der Waals surface area contributed by atoms with Crippen molar-refractivity contribution in [1.82, 2.24) is 15.1 Å². The Balaban J connectivity index is 1.26. The number of nitrogens with zero attached hydrogens (tertiary/aromatic N) is 4. The minimum Gasteiger partial charge on any atom is -0.360 e. The zero-order valence-corrected chi connectivity index (χ0v) is 17.6. The Labute approximate surface area is 181 Å². The van der Waals surface area contributed by atoms with E-state index in [0.29, 0.717) is 17.3 Å². The summed E-state index contributed by atoms with van der Waals surface area (Å²) in [7, 11) is 0. The van der Waals surface area contributed by atoms with Crippen LogP contribution in [0.1, 0.15) is 53.2 Å². The fourth-order valence-electron chi connectivity index (χ4n) is 4.24. The monoisotopic (exact) mass is 418 g/mol. The molecule has 2 aromatic heterocycles. The molecular weight excluding hydrogens is 392 g/mol. The van der Waals surface area contributed by atoms with Crippen molar-refractivity contribution in [2.75, 3.05) is 28.6 Å². The lowest BCUT2D eigenvalue weighted by Crippen LogP contribution is -2.19. The van der Waals surface area contributed by atoms with Gasteiger partial charge in [-0.3, -0.25) is 4.79 Å². The van der Waals surface area contributed by atoms with Gasteiger partial charge in [-0.15, -0.1) is 0 Å². The van der Waals surface area contributed by atoms with Gasteiger partial charge in [-0.2, -0.15) is 4.98 Å². The lowest BCUT2D eigenvalue weighted by Gasteiger charge is -2.17. The lowest BCUT2D eigenvalue weighted by molar-refractivity contribution is 0.101. The van der Waals surface area contributed by atoms with Gasteiger partial charge in [0, 0.05) is 48.2 Å². The first-order valence-electron chi connectivity index (χ1n) is 10.9. The number of hydrogen-bond acceptors (Lipinski definition) is 7. The Morgan fingerprint density at radius 1 is 1.00 bits per heavy atom. The van der Waals surface area contributed by atoms with Crippen molar-refractivity contribution >= 4 is 29.0 Å². The van der Waals surface area contributed by atoms with E-state index in [-0.39, 0.29) is 5.91 Å². The van der Waals surface area contributed by atoms with E-state index >= 15 is 0 Å². The highest BCUT2D eigenvalue weighted by atomic mass is 16.5. The first-order valence-corrected chi connectivity index (χ1v) is 10.9. The van der Waals surface area contributed by atoms with Crippen molar-refractivity contribution in [3.63, 3.8) is 0 Å². The summed E-state index contributed by atoms with van der Waals surface area (Å²) in [5, 5.41) is 10.2. The molecule has 0 unspecified atom stereocenters. The molecule has 2 N–H and O–H groups in total. The SMILES string of the molecule is Cc1cc(N2CCCC2)nc(Nc2ccc(NC(=O)c3noc4c3CCCC4)cc2)n1. The van der Waals surface area contributed by atoms with Gasteiger partial charge in [0.15, 0.2) is 5.69 Å². The Kier molecular flexibility index (Phi) is 5.28. The third-order valence-electron chi connectivity index (χ3n) is 5.83. The number of fused-ring (bicyclic) bond motifs is 1. The van der Waals surface area contributed by atoms with Crippen LogP contribution in [0.2, 0.25) is 0 Å². The zero-order valence-electron chi connectivity index (χ0n) is 17.6. The Morgan fingerprint density at radius 2 is 1.74 bits per heavy atom. The number of aromatic nitrogens is 3. The Hall–Kier alpha value is -3.42. The molecule has 0 bridgehead atoms. The number of hydrogen-bond donors (Lipinski definition) is 2. The number of carbonyl (C=O) groups excluding carboxylic acids is 1. The molecule has 1 fully saturated rings. The summed E-state index contributed by atoms with van der Waals surface area (Å²) in [5.41, 5.74) is 3.84. The molecule has 0 spiro atoms. The fraction of sp³-hybridized carbons (Fsp3) is 0.391. The van der Waals surface area contributed by atoms with E-state index in [0.717, 1.165) is 67.3 Å². The van der Waals surface area contributed by atoms with E-state index in [1.54, 1.807) is 0 Å². The summed E-state index contributed by atoms with van der Waals surface area (Å²) < 4.78 is 5.35. The molecule has 0 saturated carbocycles. The Bertz CT molecular complexity index is 1090. The number of aryl methyl sites for hydroxylation is 2. The fourth-order valence-corrected chi connectivity index (χ4v) is 4.24. The van der Waals surface area contributed by atoms with Crippen molar-refractivity contribution in [3.05, 3.63) is 53.0 Å². The van der Waals surface area contributed by atoms with E-state index in [1.165, 1.54) is 12.8 Å². The molecule has 5 rings (SSSR count). The van der Waals surface area contributed by atoms with Crippen molar-refractivity contribution in [2.45, 2.75) is 45.4 Å². The van der Waals surface area contributed by atoms with Crippen molar-refractivity contribution < 1.29 is 9.32 Å². The second kappa shape index (κ2) is 8.37. The molecule has 0 atom stereocenters. The normalized spacial score (nSPS) is 15.6. The average Bonchev–Trinajstić information content (AvgIpc) is 3.45. The molecule has 31 heavy (non-hydrogen) atoms. The minimum absolute atomic E-state index is 0.232. The van der Waals surface area contributed by atoms with Crippen LogP contribution in [0.25, 0.3) is 0 Å². The number of nitrogens with one attached hydrogen (secondary N) is 2. The van der Waals surface area contributed by atoms with Crippen molar-refractivity contribution in [1.29, 1.82) is 0 Å². The molecular formula is C23H26N6O2. The average molecular weight is 419 g/mol. The van der Waals surface area contributed by atoms with Gasteiger partial charge in [-0.1, -0.05) is 5.16 Å². The molecule has 1 aromatic carbocycles. The highest BCUT2D eigenvalue weighted by molar-refractivity contribution is 6.04. The van der Waals surface area contributed by atoms with E-state index in [4.69, 9.17) is 4.52 Å². The molecule has 1 aliphatic carbocycles. The van der Waals surface area contributed by atoms with Gasteiger partial charge in [-0.25, -0.2) is 4.98 Å². The van der Waals surface area contributed by atoms with Gasteiger partial charge in [0.25, 0.3) is 5.91 Å². The third kappa shape index (κ3) is 4.23. The van der Waals surface area contributed by atoms with Crippen LogP contribution in [0, 0.1) is 6.92 Å². The highest BCUT2D eigenvalue weighted by Crippen LogP contribution is 2.26. The van der Waals surface area contributed by atoms with Crippen LogP contribution in [0.15, 0.2) is 34.9 Å². The zero-order chi connectivity index (χ0) is 21.2. The maximum absolute atomic E-state index is 12.7. The smallest absolute Gasteiger partial charge is 0.278 e. The summed E-state index contributed by atoms with van der Waals surface area (Å²) in [6, 6.07) is 9.52. The van der Waals surface area contributed by atoms with Crippen LogP contribution in [0.3, 0.4) is 0 Å². The second-order valence-electron chi connectivity index (χ2n) is 8.18. The number of anilines is 4. The number of carbonyl (C=O) groups is 1. The minimum atomic E-state index is -0.232. The summed E-state index contributed by atoms with van der Waals surface area (Å²) in [4.78, 5) is 24.1. The van der Waals surface area contributed by atoms with Crippen LogP contribution in [0.4, 0.5) is 23.1 Å². The van der Waals surface area contributed by atoms with E-state index in [2.05, 4.69) is 30.7 Å². The quantitative estimate of drug-likeness (QED) is 0.639. The van der Waals surface area contributed by atoms with Crippen LogP contribution in [0.5, 0.6) is 0 Å². The topological polar surface area (TPSA) is 96.2 Å². The molecule has 3 aromatic rings. The summed E-state index contributed by atoms with van der Waals surface area (Å²) in [5.74, 6) is 2.16.